The molecule has 0 bridgehead atoms. The number of ether oxygens (including phenoxy) is 1. The van der Waals surface area contributed by atoms with Gasteiger partial charge in [-0.05, 0) is 32.6 Å². The van der Waals surface area contributed by atoms with E-state index in [9.17, 15) is 14.4 Å². The Bertz CT molecular complexity index is 406. The summed E-state index contributed by atoms with van der Waals surface area (Å²) in [6.45, 7) is 8.51. The van der Waals surface area contributed by atoms with Crippen molar-refractivity contribution in [1.29, 1.82) is 0 Å². The van der Waals surface area contributed by atoms with Gasteiger partial charge in [-0.25, -0.2) is 0 Å². The van der Waals surface area contributed by atoms with E-state index in [2.05, 4.69) is 0 Å². The minimum atomic E-state index is -1.52. The van der Waals surface area contributed by atoms with Gasteiger partial charge >= 0.3 is 0 Å². The van der Waals surface area contributed by atoms with Gasteiger partial charge in [-0.15, -0.1) is 0 Å². The molecular weight excluding hydrogens is 429 g/mol. The van der Waals surface area contributed by atoms with Gasteiger partial charge < -0.3 is 4.74 Å². The molecule has 0 heterocycles. The molecule has 0 atom stereocenters. The van der Waals surface area contributed by atoms with E-state index in [1.807, 2.05) is 6.92 Å². The van der Waals surface area contributed by atoms with Crippen LogP contribution in [0.3, 0.4) is 0 Å². The van der Waals surface area contributed by atoms with Gasteiger partial charge in [0.05, 0.1) is 8.07 Å². The van der Waals surface area contributed by atoms with Crippen molar-refractivity contribution >= 4 is 58.7 Å². The molecule has 0 aromatic carbocycles. The molecule has 0 rings (SSSR count). The van der Waals surface area contributed by atoms with Crippen molar-refractivity contribution < 1.29 is 19.1 Å². The first kappa shape index (κ1) is 28.2. The van der Waals surface area contributed by atoms with Crippen LogP contribution in [0, 0.1) is 0 Å². The van der Waals surface area contributed by atoms with E-state index in [1.54, 1.807) is 20.8 Å². The third kappa shape index (κ3) is 17.1. The molecule has 164 valence electrons. The molecule has 0 saturated carbocycles. The number of carbonyl (C=O) groups excluding carboxylic acids is 3. The zero-order chi connectivity index (χ0) is 21.3. The molecule has 28 heavy (non-hydrogen) atoms. The van der Waals surface area contributed by atoms with Crippen molar-refractivity contribution in [3.63, 3.8) is 0 Å². The first-order valence-corrected chi connectivity index (χ1v) is 16.1. The molecule has 0 aliphatic heterocycles. The maximum absolute atomic E-state index is 11.3. The van der Waals surface area contributed by atoms with E-state index in [0.717, 1.165) is 56.2 Å². The van der Waals surface area contributed by atoms with Crippen LogP contribution in [0.25, 0.3) is 0 Å². The minimum absolute atomic E-state index is 0.194. The Morgan fingerprint density at radius 1 is 0.679 bits per heavy atom. The molecular formula is C20H38O4S3Si. The van der Waals surface area contributed by atoms with Crippen molar-refractivity contribution in [2.45, 2.75) is 77.6 Å². The summed E-state index contributed by atoms with van der Waals surface area (Å²) in [5.41, 5.74) is 0. The van der Waals surface area contributed by atoms with Crippen LogP contribution in [-0.2, 0) is 19.1 Å². The van der Waals surface area contributed by atoms with Crippen molar-refractivity contribution in [3.05, 3.63) is 0 Å². The fourth-order valence-electron chi connectivity index (χ4n) is 3.43. The van der Waals surface area contributed by atoms with Crippen molar-refractivity contribution in [2.24, 2.45) is 0 Å². The lowest BCUT2D eigenvalue weighted by atomic mass is 10.5. The van der Waals surface area contributed by atoms with E-state index in [-0.39, 0.29) is 15.3 Å². The molecule has 0 unspecified atom stereocenters. The van der Waals surface area contributed by atoms with Gasteiger partial charge in [0, 0.05) is 51.2 Å². The SMILES string of the molecule is CCOCCC[Si](CCCSC(C)=O)(CCCSC(C)=O)CCCSC(C)=O. The Balaban J connectivity index is 4.86. The Kier molecular flexibility index (Phi) is 18.2. The molecule has 0 saturated heterocycles. The summed E-state index contributed by atoms with van der Waals surface area (Å²) >= 11 is 4.29. The Hall–Kier alpha value is 0.237. The van der Waals surface area contributed by atoms with E-state index in [0.29, 0.717) is 0 Å². The van der Waals surface area contributed by atoms with Gasteiger partial charge in [0.15, 0.2) is 15.3 Å². The van der Waals surface area contributed by atoms with Crippen LogP contribution in [0.15, 0.2) is 0 Å². The first-order valence-electron chi connectivity index (χ1n) is 10.3. The van der Waals surface area contributed by atoms with E-state index in [1.165, 1.54) is 59.5 Å². The second kappa shape index (κ2) is 18.0. The topological polar surface area (TPSA) is 60.4 Å². The van der Waals surface area contributed by atoms with Crippen molar-refractivity contribution in [3.8, 4) is 0 Å². The monoisotopic (exact) mass is 466 g/mol. The summed E-state index contributed by atoms with van der Waals surface area (Å²) in [6.07, 6.45) is 4.36. The summed E-state index contributed by atoms with van der Waals surface area (Å²) in [5.74, 6) is 2.71. The standard InChI is InChI=1S/C20H38O4S3Si/c1-5-24-10-6-14-28(15-7-11-25-18(2)21,16-8-12-26-19(3)22)17-9-13-27-20(4)23/h5-17H2,1-4H3. The second-order valence-electron chi connectivity index (χ2n) is 7.13. The van der Waals surface area contributed by atoms with Crippen LogP contribution in [0.1, 0.15) is 53.4 Å². The number of thioether (sulfide) groups is 3. The molecule has 0 aliphatic carbocycles. The number of hydrogen-bond donors (Lipinski definition) is 0. The smallest absolute Gasteiger partial charge is 0.185 e. The van der Waals surface area contributed by atoms with Crippen LogP contribution < -0.4 is 0 Å². The third-order valence-electron chi connectivity index (χ3n) is 4.67. The lowest BCUT2D eigenvalue weighted by molar-refractivity contribution is -0.109. The Morgan fingerprint density at radius 2 is 1.04 bits per heavy atom. The average molecular weight is 467 g/mol. The van der Waals surface area contributed by atoms with Crippen LogP contribution >= 0.6 is 35.3 Å². The first-order chi connectivity index (χ1) is 13.3. The highest BCUT2D eigenvalue weighted by Gasteiger charge is 2.31. The quantitative estimate of drug-likeness (QED) is 0.196. The maximum Gasteiger partial charge on any atom is 0.185 e. The molecule has 0 spiro atoms. The predicted molar refractivity (Wildman–Crippen MR) is 129 cm³/mol. The van der Waals surface area contributed by atoms with E-state index >= 15 is 0 Å². The summed E-state index contributed by atoms with van der Waals surface area (Å²) < 4.78 is 5.58. The van der Waals surface area contributed by atoms with Gasteiger partial charge in [0.25, 0.3) is 0 Å². The molecule has 0 N–H and O–H groups in total. The predicted octanol–water partition coefficient (Wildman–Crippen LogP) is 5.87. The molecule has 0 radical (unpaired) electrons. The average Bonchev–Trinajstić information content (AvgIpc) is 2.62. The molecule has 0 aliphatic rings. The lowest BCUT2D eigenvalue weighted by Crippen LogP contribution is -2.35. The number of hydrogen-bond acceptors (Lipinski definition) is 7. The van der Waals surface area contributed by atoms with Crippen LogP contribution in [0.4, 0.5) is 0 Å². The van der Waals surface area contributed by atoms with Crippen molar-refractivity contribution in [2.75, 3.05) is 30.5 Å². The van der Waals surface area contributed by atoms with Crippen LogP contribution in [-0.4, -0.2) is 53.9 Å². The second-order valence-corrected chi connectivity index (χ2v) is 15.9. The zero-order valence-electron chi connectivity index (χ0n) is 18.1. The third-order valence-corrected chi connectivity index (χ3v) is 13.0. The largest absolute Gasteiger partial charge is 0.382 e. The van der Waals surface area contributed by atoms with E-state index in [4.69, 9.17) is 4.74 Å². The van der Waals surface area contributed by atoms with Crippen molar-refractivity contribution in [1.82, 2.24) is 0 Å². The van der Waals surface area contributed by atoms with Gasteiger partial charge in [-0.3, -0.25) is 14.4 Å². The highest BCUT2D eigenvalue weighted by atomic mass is 32.2. The summed E-state index contributed by atoms with van der Waals surface area (Å²) in [4.78, 5) is 33.8. The maximum atomic E-state index is 11.3. The summed E-state index contributed by atoms with van der Waals surface area (Å²) in [5, 5.41) is 0.581. The molecule has 0 aromatic rings. The lowest BCUT2D eigenvalue weighted by Gasteiger charge is -2.32. The minimum Gasteiger partial charge on any atom is -0.382 e. The number of rotatable bonds is 17. The van der Waals surface area contributed by atoms with Gasteiger partial charge in [-0.1, -0.05) is 59.5 Å². The molecule has 8 heteroatoms. The molecule has 0 aromatic heterocycles. The molecule has 0 amide bonds. The summed E-state index contributed by atoms with van der Waals surface area (Å²) in [6, 6.07) is 4.94. The fourth-order valence-corrected chi connectivity index (χ4v) is 11.1. The van der Waals surface area contributed by atoms with Crippen LogP contribution in [0.2, 0.25) is 24.2 Å². The van der Waals surface area contributed by atoms with E-state index < -0.39 is 8.07 Å². The van der Waals surface area contributed by atoms with Gasteiger partial charge in [-0.2, -0.15) is 0 Å². The Morgan fingerprint density at radius 3 is 1.36 bits per heavy atom. The zero-order valence-corrected chi connectivity index (χ0v) is 21.5. The summed E-state index contributed by atoms with van der Waals surface area (Å²) in [7, 11) is -1.52. The fraction of sp³-hybridized carbons (Fsp3) is 0.850. The number of carbonyl (C=O) groups is 3. The molecule has 4 nitrogen and oxygen atoms in total. The highest BCUT2D eigenvalue weighted by Crippen LogP contribution is 2.33. The van der Waals surface area contributed by atoms with Gasteiger partial charge in [0.1, 0.15) is 0 Å². The normalized spacial score (nSPS) is 11.6. The van der Waals surface area contributed by atoms with Crippen LogP contribution in [0.5, 0.6) is 0 Å². The molecule has 0 fully saturated rings. The highest BCUT2D eigenvalue weighted by molar-refractivity contribution is 8.14. The Labute approximate surface area is 185 Å². The van der Waals surface area contributed by atoms with Gasteiger partial charge in [0.2, 0.25) is 0 Å².